The van der Waals surface area contributed by atoms with Gasteiger partial charge in [-0.05, 0) is 37.3 Å². The molecule has 2 aromatic heterocycles. The van der Waals surface area contributed by atoms with Crippen molar-refractivity contribution in [1.29, 1.82) is 0 Å². The summed E-state index contributed by atoms with van der Waals surface area (Å²) in [6.45, 7) is 2.65. The average molecular weight is 256 g/mol. The maximum absolute atomic E-state index is 14.0. The van der Waals surface area contributed by atoms with Crippen molar-refractivity contribution in [2.24, 2.45) is 0 Å². The number of hydrogen-bond donors (Lipinski definition) is 1. The Morgan fingerprint density at radius 3 is 2.89 bits per heavy atom. The fourth-order valence-corrected chi connectivity index (χ4v) is 2.18. The molecule has 2 heterocycles. The Bertz CT molecular complexity index is 748. The van der Waals surface area contributed by atoms with Gasteiger partial charge in [0.15, 0.2) is 5.65 Å². The first kappa shape index (κ1) is 11.6. The summed E-state index contributed by atoms with van der Waals surface area (Å²) >= 11 is 0. The maximum atomic E-state index is 14.0. The molecule has 0 unspecified atom stereocenters. The van der Waals surface area contributed by atoms with Gasteiger partial charge in [-0.15, -0.1) is 0 Å². The van der Waals surface area contributed by atoms with Crippen LogP contribution in [0, 0.1) is 5.82 Å². The minimum Gasteiger partial charge on any atom is -0.399 e. The third-order valence-electron chi connectivity index (χ3n) is 3.05. The van der Waals surface area contributed by atoms with Gasteiger partial charge in [0.1, 0.15) is 17.2 Å². The maximum Gasteiger partial charge on any atom is 0.160 e. The fourth-order valence-electron chi connectivity index (χ4n) is 2.18. The number of aromatic nitrogens is 3. The number of benzene rings is 1. The Morgan fingerprint density at radius 1 is 1.32 bits per heavy atom. The summed E-state index contributed by atoms with van der Waals surface area (Å²) in [7, 11) is 0. The largest absolute Gasteiger partial charge is 0.399 e. The number of nitrogens with two attached hydrogens (primary N) is 1. The van der Waals surface area contributed by atoms with Crippen molar-refractivity contribution in [1.82, 2.24) is 14.5 Å². The van der Waals surface area contributed by atoms with Crippen LogP contribution in [0.15, 0.2) is 36.5 Å². The Kier molecular flexibility index (Phi) is 2.67. The first-order chi connectivity index (χ1) is 9.20. The van der Waals surface area contributed by atoms with Crippen LogP contribution in [-0.4, -0.2) is 14.5 Å². The molecule has 4 nitrogen and oxygen atoms in total. The smallest absolute Gasteiger partial charge is 0.160 e. The van der Waals surface area contributed by atoms with Gasteiger partial charge in [0, 0.05) is 18.4 Å². The van der Waals surface area contributed by atoms with Gasteiger partial charge < -0.3 is 10.3 Å². The number of halogens is 1. The molecule has 0 atom stereocenters. The Morgan fingerprint density at radius 2 is 2.16 bits per heavy atom. The van der Waals surface area contributed by atoms with Gasteiger partial charge in [0.05, 0.1) is 5.56 Å². The van der Waals surface area contributed by atoms with E-state index < -0.39 is 0 Å². The second-order valence-electron chi connectivity index (χ2n) is 4.27. The summed E-state index contributed by atoms with van der Waals surface area (Å²) < 4.78 is 15.9. The predicted octanol–water partition coefficient (Wildman–Crippen LogP) is 2.84. The van der Waals surface area contributed by atoms with E-state index in [9.17, 15) is 4.39 Å². The zero-order valence-electron chi connectivity index (χ0n) is 10.5. The number of anilines is 1. The molecule has 3 aromatic rings. The standard InChI is InChI=1S/C14H13FN4/c1-2-19-13(10-6-5-9(16)8-11(10)15)18-12-4-3-7-17-14(12)19/h3-8H,2,16H2,1H3. The van der Waals surface area contributed by atoms with Crippen LogP contribution in [0.4, 0.5) is 10.1 Å². The molecule has 0 saturated heterocycles. The Hall–Kier alpha value is -2.43. The van der Waals surface area contributed by atoms with Crippen molar-refractivity contribution in [3.63, 3.8) is 0 Å². The summed E-state index contributed by atoms with van der Waals surface area (Å²) in [6, 6.07) is 8.32. The molecule has 1 aromatic carbocycles. The van der Waals surface area contributed by atoms with E-state index in [0.717, 1.165) is 11.2 Å². The number of pyridine rings is 1. The van der Waals surface area contributed by atoms with Gasteiger partial charge in [0.2, 0.25) is 0 Å². The van der Waals surface area contributed by atoms with Gasteiger partial charge in [-0.2, -0.15) is 0 Å². The summed E-state index contributed by atoms with van der Waals surface area (Å²) in [6.07, 6.45) is 1.71. The van der Waals surface area contributed by atoms with Crippen LogP contribution >= 0.6 is 0 Å². The van der Waals surface area contributed by atoms with Crippen LogP contribution in [0.3, 0.4) is 0 Å². The summed E-state index contributed by atoms with van der Waals surface area (Å²) in [5.74, 6) is 0.207. The second kappa shape index (κ2) is 4.35. The van der Waals surface area contributed by atoms with Gasteiger partial charge in [0.25, 0.3) is 0 Å². The van der Waals surface area contributed by atoms with E-state index in [1.54, 1.807) is 18.3 Å². The normalized spacial score (nSPS) is 11.1. The van der Waals surface area contributed by atoms with Crippen LogP contribution in [0.25, 0.3) is 22.6 Å². The number of imidazole rings is 1. The SMILES string of the molecule is CCn1c(-c2ccc(N)cc2F)nc2cccnc21. The summed E-state index contributed by atoms with van der Waals surface area (Å²) in [5, 5.41) is 0. The van der Waals surface area contributed by atoms with Gasteiger partial charge in [-0.25, -0.2) is 14.4 Å². The van der Waals surface area contributed by atoms with E-state index >= 15 is 0 Å². The first-order valence-electron chi connectivity index (χ1n) is 6.07. The number of rotatable bonds is 2. The molecule has 0 radical (unpaired) electrons. The molecule has 0 spiro atoms. The Labute approximate surface area is 109 Å². The molecule has 0 aliphatic heterocycles. The van der Waals surface area contributed by atoms with Crippen LogP contribution in [0.5, 0.6) is 0 Å². The van der Waals surface area contributed by atoms with E-state index in [-0.39, 0.29) is 5.82 Å². The lowest BCUT2D eigenvalue weighted by atomic mass is 10.2. The Balaban J connectivity index is 2.30. The quantitative estimate of drug-likeness (QED) is 0.717. The molecule has 0 amide bonds. The van der Waals surface area contributed by atoms with Crippen molar-refractivity contribution in [2.45, 2.75) is 13.5 Å². The highest BCUT2D eigenvalue weighted by Gasteiger charge is 2.15. The zero-order valence-corrected chi connectivity index (χ0v) is 10.5. The minimum atomic E-state index is -0.370. The molecular weight excluding hydrogens is 243 g/mol. The molecule has 0 fully saturated rings. The molecule has 0 aliphatic carbocycles. The molecule has 0 bridgehead atoms. The molecular formula is C14H13FN4. The van der Waals surface area contributed by atoms with Gasteiger partial charge in [-0.1, -0.05) is 0 Å². The van der Waals surface area contributed by atoms with Gasteiger partial charge in [-0.3, -0.25) is 0 Å². The first-order valence-corrected chi connectivity index (χ1v) is 6.07. The number of fused-ring (bicyclic) bond motifs is 1. The third kappa shape index (κ3) is 1.83. The fraction of sp³-hybridized carbons (Fsp3) is 0.143. The van der Waals surface area contributed by atoms with Gasteiger partial charge >= 0.3 is 0 Å². The second-order valence-corrected chi connectivity index (χ2v) is 4.27. The number of nitrogen functional groups attached to an aromatic ring is 1. The highest BCUT2D eigenvalue weighted by atomic mass is 19.1. The summed E-state index contributed by atoms with van der Waals surface area (Å²) in [5.41, 5.74) is 7.93. The number of aryl methyl sites for hydroxylation is 1. The van der Waals surface area contributed by atoms with E-state index in [1.165, 1.54) is 6.07 Å². The van der Waals surface area contributed by atoms with E-state index in [2.05, 4.69) is 9.97 Å². The molecule has 3 rings (SSSR count). The number of hydrogen-bond acceptors (Lipinski definition) is 3. The molecule has 96 valence electrons. The zero-order chi connectivity index (χ0) is 13.4. The van der Waals surface area contributed by atoms with Crippen molar-refractivity contribution in [2.75, 3.05) is 5.73 Å². The molecule has 19 heavy (non-hydrogen) atoms. The van der Waals surface area contributed by atoms with Crippen LogP contribution < -0.4 is 5.73 Å². The summed E-state index contributed by atoms with van der Waals surface area (Å²) in [4.78, 5) is 8.76. The third-order valence-corrected chi connectivity index (χ3v) is 3.05. The minimum absolute atomic E-state index is 0.370. The lowest BCUT2D eigenvalue weighted by Gasteiger charge is -2.06. The lowest BCUT2D eigenvalue weighted by molar-refractivity contribution is 0.628. The lowest BCUT2D eigenvalue weighted by Crippen LogP contribution is -2.00. The van der Waals surface area contributed by atoms with Crippen molar-refractivity contribution < 1.29 is 4.39 Å². The van der Waals surface area contributed by atoms with E-state index in [0.29, 0.717) is 23.6 Å². The van der Waals surface area contributed by atoms with Crippen molar-refractivity contribution >= 4 is 16.9 Å². The molecule has 5 heteroatoms. The van der Waals surface area contributed by atoms with Crippen LogP contribution in [-0.2, 0) is 6.54 Å². The average Bonchev–Trinajstić information content (AvgIpc) is 2.76. The molecule has 2 N–H and O–H groups in total. The van der Waals surface area contributed by atoms with Crippen molar-refractivity contribution in [3.05, 3.63) is 42.3 Å². The van der Waals surface area contributed by atoms with Crippen LogP contribution in [0.1, 0.15) is 6.92 Å². The molecule has 0 saturated carbocycles. The van der Waals surface area contributed by atoms with Crippen molar-refractivity contribution in [3.8, 4) is 11.4 Å². The van der Waals surface area contributed by atoms with E-state index in [4.69, 9.17) is 5.73 Å². The topological polar surface area (TPSA) is 56.7 Å². The highest BCUT2D eigenvalue weighted by Crippen LogP contribution is 2.26. The molecule has 0 aliphatic rings. The van der Waals surface area contributed by atoms with Crippen LogP contribution in [0.2, 0.25) is 0 Å². The number of nitrogens with zero attached hydrogens (tertiary/aromatic N) is 3. The predicted molar refractivity (Wildman–Crippen MR) is 73.0 cm³/mol. The monoisotopic (exact) mass is 256 g/mol. The highest BCUT2D eigenvalue weighted by molar-refractivity contribution is 5.77. The van der Waals surface area contributed by atoms with E-state index in [1.807, 2.05) is 23.6 Å².